The van der Waals surface area contributed by atoms with Crippen molar-refractivity contribution in [3.63, 3.8) is 0 Å². The molecule has 0 unspecified atom stereocenters. The van der Waals surface area contributed by atoms with Crippen molar-refractivity contribution in [2.45, 2.75) is 38.3 Å². The van der Waals surface area contributed by atoms with E-state index in [2.05, 4.69) is 35.3 Å². The average molecular weight is 473 g/mol. The molecule has 1 aliphatic carbocycles. The number of H-pyrrole nitrogens is 2. The largest absolute Gasteiger partial charge is 0.493 e. The number of hydrogen-bond donors (Lipinski definition) is 4. The number of carbonyl (C=O) groups is 1. The quantitative estimate of drug-likeness (QED) is 0.311. The molecule has 12 nitrogen and oxygen atoms in total. The smallest absolute Gasteiger partial charge is 0.326 e. The number of nitrogens with one attached hydrogen (secondary N) is 3. The van der Waals surface area contributed by atoms with E-state index in [1.165, 1.54) is 0 Å². The number of amides is 1. The summed E-state index contributed by atoms with van der Waals surface area (Å²) < 4.78 is 1.55. The molecule has 1 saturated carbocycles. The van der Waals surface area contributed by atoms with E-state index in [1.807, 2.05) is 29.2 Å². The maximum absolute atomic E-state index is 12.0. The lowest BCUT2D eigenvalue weighted by Gasteiger charge is -2.16. The van der Waals surface area contributed by atoms with Gasteiger partial charge in [0.05, 0.1) is 12.2 Å². The Morgan fingerprint density at radius 2 is 2.00 bits per heavy atom. The minimum Gasteiger partial charge on any atom is -0.493 e. The van der Waals surface area contributed by atoms with Gasteiger partial charge < -0.3 is 20.3 Å². The van der Waals surface area contributed by atoms with Gasteiger partial charge in [0.25, 0.3) is 5.62 Å². The summed E-state index contributed by atoms with van der Waals surface area (Å²) in [4.78, 5) is 43.9. The van der Waals surface area contributed by atoms with Crippen LogP contribution >= 0.6 is 0 Å². The van der Waals surface area contributed by atoms with Crippen LogP contribution in [0.3, 0.4) is 0 Å². The standard InChI is InChI=1S/C23H23N9O3/c33-18-2-1-9-31(18)16-7-3-13(4-8-16)11-24-21-28-19-14(10-17-20(34)29-23(35)27-17)12-25-32(19)22(30-21)26-15-5-6-15/h3-4,7-8,10,12,15,34H,1-2,5-6,9,11H2,(H,24,26,30)(H2,27,29,35)/b14-10+. The number of aromatic nitrogens is 6. The Hall–Kier alpha value is -4.48. The molecule has 1 saturated heterocycles. The van der Waals surface area contributed by atoms with Crippen LogP contribution in [0.2, 0.25) is 0 Å². The van der Waals surface area contributed by atoms with Crippen molar-refractivity contribution in [1.82, 2.24) is 29.5 Å². The molecule has 1 aliphatic heterocycles. The Morgan fingerprint density at radius 1 is 1.17 bits per heavy atom. The Labute approximate surface area is 198 Å². The Morgan fingerprint density at radius 3 is 2.69 bits per heavy atom. The Balaban J connectivity index is 1.31. The van der Waals surface area contributed by atoms with E-state index >= 15 is 0 Å². The maximum atomic E-state index is 12.0. The number of imidazole rings is 1. The molecular formula is C23H23N9O3. The van der Waals surface area contributed by atoms with Crippen molar-refractivity contribution >= 4 is 29.3 Å². The topological polar surface area (TPSA) is 157 Å². The van der Waals surface area contributed by atoms with Crippen molar-refractivity contribution in [3.05, 3.63) is 63.0 Å². The molecule has 1 aromatic carbocycles. The van der Waals surface area contributed by atoms with Crippen LogP contribution in [0.1, 0.15) is 36.9 Å². The van der Waals surface area contributed by atoms with Gasteiger partial charge in [0.15, 0.2) is 5.65 Å². The molecule has 2 aliphatic rings. The van der Waals surface area contributed by atoms with Crippen LogP contribution in [-0.2, 0) is 11.3 Å². The molecule has 4 N–H and O–H groups in total. The lowest BCUT2D eigenvalue weighted by molar-refractivity contribution is -0.117. The fourth-order valence-corrected chi connectivity index (χ4v) is 4.06. The maximum Gasteiger partial charge on any atom is 0.326 e. The third-order valence-electron chi connectivity index (χ3n) is 6.03. The first-order chi connectivity index (χ1) is 17.0. The van der Waals surface area contributed by atoms with Gasteiger partial charge in [-0.05, 0) is 43.0 Å². The van der Waals surface area contributed by atoms with Gasteiger partial charge in [0.1, 0.15) is 5.69 Å². The molecule has 0 atom stereocenters. The number of anilines is 2. The third-order valence-corrected chi connectivity index (χ3v) is 6.03. The number of fused-ring (bicyclic) bond motifs is 1. The summed E-state index contributed by atoms with van der Waals surface area (Å²) in [6, 6.07) is 8.08. The highest BCUT2D eigenvalue weighted by molar-refractivity contribution is 5.95. The molecular weight excluding hydrogens is 450 g/mol. The minimum absolute atomic E-state index is 0.162. The molecule has 2 fully saturated rings. The number of benzene rings is 1. The normalized spacial score (nSPS) is 17.1. The minimum atomic E-state index is -0.508. The van der Waals surface area contributed by atoms with E-state index in [4.69, 9.17) is 0 Å². The van der Waals surface area contributed by atoms with Crippen LogP contribution in [-0.4, -0.2) is 53.2 Å². The highest BCUT2D eigenvalue weighted by atomic mass is 16.3. The van der Waals surface area contributed by atoms with Crippen molar-refractivity contribution in [2.75, 3.05) is 16.8 Å². The summed E-state index contributed by atoms with van der Waals surface area (Å²) in [7, 11) is 0. The first-order valence-electron chi connectivity index (χ1n) is 11.5. The zero-order valence-corrected chi connectivity index (χ0v) is 18.7. The molecule has 0 bridgehead atoms. The molecule has 4 heterocycles. The molecule has 0 radical (unpaired) electrons. The van der Waals surface area contributed by atoms with Crippen LogP contribution < -0.4 is 26.7 Å². The fraction of sp³-hybridized carbons (Fsp3) is 0.304. The summed E-state index contributed by atoms with van der Waals surface area (Å²) in [6.45, 7) is 1.24. The van der Waals surface area contributed by atoms with Crippen LogP contribution in [0.15, 0.2) is 40.2 Å². The molecule has 4 aromatic rings. The van der Waals surface area contributed by atoms with Crippen molar-refractivity contribution in [1.29, 1.82) is 0 Å². The number of hydrogen-bond acceptors (Lipinski definition) is 8. The van der Waals surface area contributed by atoms with E-state index in [0.717, 1.165) is 37.1 Å². The Kier molecular flexibility index (Phi) is 5.05. The molecule has 35 heavy (non-hydrogen) atoms. The van der Waals surface area contributed by atoms with Crippen LogP contribution in [0.4, 0.5) is 11.6 Å². The highest BCUT2D eigenvalue weighted by Gasteiger charge is 2.22. The van der Waals surface area contributed by atoms with E-state index < -0.39 is 5.69 Å². The summed E-state index contributed by atoms with van der Waals surface area (Å²) in [6.07, 6.45) is 6.70. The second-order valence-electron chi connectivity index (χ2n) is 8.70. The SMILES string of the molecule is O=C1CCCN1c1ccc(CNc2nc(=NC3CC3)n3nc/c(=C\c4[nH]c(=O)[nH]c4O)c3n2)cc1. The van der Waals surface area contributed by atoms with Crippen molar-refractivity contribution in [3.8, 4) is 5.88 Å². The number of aromatic hydroxyl groups is 1. The lowest BCUT2D eigenvalue weighted by Crippen LogP contribution is -2.25. The first kappa shape index (κ1) is 21.1. The van der Waals surface area contributed by atoms with Gasteiger partial charge in [-0.1, -0.05) is 12.1 Å². The third kappa shape index (κ3) is 4.25. The summed E-state index contributed by atoms with van der Waals surface area (Å²) in [5, 5.41) is 18.1. The molecule has 3 aromatic heterocycles. The first-order valence-corrected chi connectivity index (χ1v) is 11.5. The molecule has 1 amide bonds. The number of aromatic amines is 2. The van der Waals surface area contributed by atoms with Crippen LogP contribution in [0.5, 0.6) is 5.88 Å². The Bertz CT molecular complexity index is 1600. The highest BCUT2D eigenvalue weighted by Crippen LogP contribution is 2.23. The van der Waals surface area contributed by atoms with E-state index in [1.54, 1.807) is 16.8 Å². The second-order valence-corrected chi connectivity index (χ2v) is 8.70. The van der Waals surface area contributed by atoms with E-state index in [0.29, 0.717) is 35.4 Å². The van der Waals surface area contributed by atoms with E-state index in [-0.39, 0.29) is 23.5 Å². The van der Waals surface area contributed by atoms with Gasteiger partial charge in [-0.2, -0.15) is 19.6 Å². The molecule has 12 heteroatoms. The van der Waals surface area contributed by atoms with Gasteiger partial charge in [0, 0.05) is 30.4 Å². The van der Waals surface area contributed by atoms with Crippen LogP contribution in [0, 0.1) is 0 Å². The molecule has 0 spiro atoms. The number of rotatable bonds is 6. The van der Waals surface area contributed by atoms with Gasteiger partial charge in [-0.3, -0.25) is 9.78 Å². The monoisotopic (exact) mass is 473 g/mol. The van der Waals surface area contributed by atoms with E-state index in [9.17, 15) is 14.7 Å². The average Bonchev–Trinajstić information content (AvgIpc) is 3.25. The predicted molar refractivity (Wildman–Crippen MR) is 127 cm³/mol. The summed E-state index contributed by atoms with van der Waals surface area (Å²) in [5.41, 5.74) is 2.58. The second kappa shape index (κ2) is 8.38. The number of nitrogens with zero attached hydrogens (tertiary/aromatic N) is 6. The summed E-state index contributed by atoms with van der Waals surface area (Å²) in [5.74, 6) is 0.288. The molecule has 6 rings (SSSR count). The van der Waals surface area contributed by atoms with Gasteiger partial charge in [0.2, 0.25) is 17.7 Å². The lowest BCUT2D eigenvalue weighted by atomic mass is 10.2. The van der Waals surface area contributed by atoms with Crippen molar-refractivity contribution in [2.24, 2.45) is 4.99 Å². The predicted octanol–water partition coefficient (Wildman–Crippen LogP) is 0.196. The number of carbonyl (C=O) groups excluding carboxylic acids is 1. The zero-order valence-electron chi connectivity index (χ0n) is 18.7. The van der Waals surface area contributed by atoms with Gasteiger partial charge in [-0.15, -0.1) is 0 Å². The fourth-order valence-electron chi connectivity index (χ4n) is 4.06. The zero-order chi connectivity index (χ0) is 23.9. The molecule has 178 valence electrons. The van der Waals surface area contributed by atoms with Crippen LogP contribution in [0.25, 0.3) is 11.7 Å². The summed E-state index contributed by atoms with van der Waals surface area (Å²) >= 11 is 0. The van der Waals surface area contributed by atoms with Crippen molar-refractivity contribution < 1.29 is 9.90 Å². The van der Waals surface area contributed by atoms with Gasteiger partial charge >= 0.3 is 5.69 Å². The van der Waals surface area contributed by atoms with Gasteiger partial charge in [-0.25, -0.2) is 9.79 Å².